The van der Waals surface area contributed by atoms with Crippen molar-refractivity contribution in [3.8, 4) is 22.9 Å². The molecular formula is C24H20N2O4. The van der Waals surface area contributed by atoms with Crippen LogP contribution in [0.25, 0.3) is 11.1 Å². The van der Waals surface area contributed by atoms with E-state index in [0.29, 0.717) is 17.0 Å². The number of rotatable bonds is 7. The van der Waals surface area contributed by atoms with E-state index in [1.54, 1.807) is 30.3 Å². The number of hydrogen-bond acceptors (Lipinski definition) is 5. The number of nitrogens with one attached hydrogen (secondary N) is 1. The summed E-state index contributed by atoms with van der Waals surface area (Å²) in [5.41, 5.74) is 2.96. The second-order valence-electron chi connectivity index (χ2n) is 6.46. The molecule has 0 unspecified atom stereocenters. The molecule has 0 bridgehead atoms. The van der Waals surface area contributed by atoms with Gasteiger partial charge in [0, 0.05) is 11.3 Å². The number of nitriles is 1. The van der Waals surface area contributed by atoms with Crippen molar-refractivity contribution in [3.63, 3.8) is 0 Å². The summed E-state index contributed by atoms with van der Waals surface area (Å²) in [6.45, 7) is 1.16. The van der Waals surface area contributed by atoms with E-state index in [1.807, 2.05) is 54.6 Å². The maximum Gasteiger partial charge on any atom is 0.344 e. The van der Waals surface area contributed by atoms with E-state index in [-0.39, 0.29) is 6.61 Å². The molecule has 3 aromatic carbocycles. The predicted molar refractivity (Wildman–Crippen MR) is 113 cm³/mol. The number of carbonyl (C=O) groups excluding carboxylic acids is 2. The van der Waals surface area contributed by atoms with Gasteiger partial charge in [0.2, 0.25) is 0 Å². The van der Waals surface area contributed by atoms with Crippen LogP contribution in [0.15, 0.2) is 78.9 Å². The highest BCUT2D eigenvalue weighted by Crippen LogP contribution is 2.27. The van der Waals surface area contributed by atoms with Crippen LogP contribution in [0.4, 0.5) is 5.69 Å². The zero-order valence-electron chi connectivity index (χ0n) is 16.4. The van der Waals surface area contributed by atoms with E-state index >= 15 is 0 Å². The molecule has 0 heterocycles. The fourth-order valence-corrected chi connectivity index (χ4v) is 2.75. The van der Waals surface area contributed by atoms with Crippen molar-refractivity contribution in [1.82, 2.24) is 0 Å². The minimum Gasteiger partial charge on any atom is -0.482 e. The fraction of sp³-hybridized carbons (Fsp3) is 0.125. The molecule has 0 fully saturated rings. The number of para-hydroxylation sites is 1. The highest BCUT2D eigenvalue weighted by atomic mass is 16.6. The zero-order chi connectivity index (χ0) is 21.3. The summed E-state index contributed by atoms with van der Waals surface area (Å²) in [7, 11) is 0. The Hall–Kier alpha value is -4.11. The Bertz CT molecular complexity index is 1060. The number of esters is 1. The first-order chi connectivity index (χ1) is 14.6. The van der Waals surface area contributed by atoms with Crippen molar-refractivity contribution < 1.29 is 19.1 Å². The Labute approximate surface area is 174 Å². The predicted octanol–water partition coefficient (Wildman–Crippen LogP) is 4.17. The molecule has 1 amide bonds. The van der Waals surface area contributed by atoms with Crippen LogP contribution in [0.1, 0.15) is 12.5 Å². The molecule has 0 aliphatic heterocycles. The van der Waals surface area contributed by atoms with Gasteiger partial charge in [0.25, 0.3) is 5.91 Å². The van der Waals surface area contributed by atoms with Gasteiger partial charge in [-0.3, -0.25) is 4.79 Å². The quantitative estimate of drug-likeness (QED) is 0.601. The first-order valence-corrected chi connectivity index (χ1v) is 9.34. The number of hydrogen-bond donors (Lipinski definition) is 1. The summed E-state index contributed by atoms with van der Waals surface area (Å²) < 4.78 is 10.5. The summed E-state index contributed by atoms with van der Waals surface area (Å²) in [6, 6.07) is 25.4. The third-order valence-electron chi connectivity index (χ3n) is 4.29. The standard InChI is InChI=1S/C24H20N2O4/c1-17(30-23(27)16-29-20-13-11-18(15-25)12-14-20)24(28)26-22-10-6-5-9-21(22)19-7-3-2-4-8-19/h2-14,17H,16H2,1H3,(H,26,28)/t17-/m1/s1. The molecule has 1 atom stereocenters. The molecule has 0 saturated heterocycles. The molecule has 0 aliphatic carbocycles. The number of ether oxygens (including phenoxy) is 2. The number of carbonyl (C=O) groups is 2. The SMILES string of the molecule is C[C@@H](OC(=O)COc1ccc(C#N)cc1)C(=O)Nc1ccccc1-c1ccccc1. The molecule has 0 spiro atoms. The van der Waals surface area contributed by atoms with Crippen LogP contribution < -0.4 is 10.1 Å². The van der Waals surface area contributed by atoms with Crippen LogP contribution >= 0.6 is 0 Å². The molecule has 30 heavy (non-hydrogen) atoms. The lowest BCUT2D eigenvalue weighted by Gasteiger charge is -2.16. The Balaban J connectivity index is 1.56. The van der Waals surface area contributed by atoms with Crippen molar-refractivity contribution in [3.05, 3.63) is 84.4 Å². The smallest absolute Gasteiger partial charge is 0.344 e. The summed E-state index contributed by atoms with van der Waals surface area (Å²) >= 11 is 0. The number of benzene rings is 3. The van der Waals surface area contributed by atoms with Crippen molar-refractivity contribution >= 4 is 17.6 Å². The van der Waals surface area contributed by atoms with E-state index in [9.17, 15) is 9.59 Å². The van der Waals surface area contributed by atoms with Crippen molar-refractivity contribution in [1.29, 1.82) is 5.26 Å². The summed E-state index contributed by atoms with van der Waals surface area (Å²) in [4.78, 5) is 24.5. The Morgan fingerprint density at radius 3 is 2.33 bits per heavy atom. The zero-order valence-corrected chi connectivity index (χ0v) is 16.4. The largest absolute Gasteiger partial charge is 0.482 e. The molecule has 0 aromatic heterocycles. The second-order valence-corrected chi connectivity index (χ2v) is 6.46. The van der Waals surface area contributed by atoms with Gasteiger partial charge in [-0.2, -0.15) is 5.26 Å². The van der Waals surface area contributed by atoms with Gasteiger partial charge in [0.15, 0.2) is 12.7 Å². The molecule has 3 rings (SSSR count). The maximum atomic E-state index is 12.5. The van der Waals surface area contributed by atoms with Gasteiger partial charge in [-0.25, -0.2) is 4.79 Å². The normalized spacial score (nSPS) is 11.1. The van der Waals surface area contributed by atoms with Gasteiger partial charge in [-0.1, -0.05) is 48.5 Å². The van der Waals surface area contributed by atoms with Crippen LogP contribution in [0.2, 0.25) is 0 Å². The Kier molecular flexibility index (Phi) is 6.80. The lowest BCUT2D eigenvalue weighted by Crippen LogP contribution is -2.31. The number of nitrogens with zero attached hydrogens (tertiary/aromatic N) is 1. The van der Waals surface area contributed by atoms with E-state index in [4.69, 9.17) is 14.7 Å². The van der Waals surface area contributed by atoms with Gasteiger partial charge in [0.1, 0.15) is 5.75 Å². The molecular weight excluding hydrogens is 380 g/mol. The van der Waals surface area contributed by atoms with Gasteiger partial charge in [-0.05, 0) is 42.8 Å². The van der Waals surface area contributed by atoms with Crippen molar-refractivity contribution in [2.24, 2.45) is 0 Å². The Morgan fingerprint density at radius 2 is 1.63 bits per heavy atom. The summed E-state index contributed by atoms with van der Waals surface area (Å²) in [5, 5.41) is 11.6. The average Bonchev–Trinajstić information content (AvgIpc) is 2.79. The fourth-order valence-electron chi connectivity index (χ4n) is 2.75. The summed E-state index contributed by atoms with van der Waals surface area (Å²) in [5.74, 6) is -0.677. The monoisotopic (exact) mass is 400 g/mol. The molecule has 6 heteroatoms. The highest BCUT2D eigenvalue weighted by molar-refractivity contribution is 5.98. The molecule has 0 aliphatic rings. The van der Waals surface area contributed by atoms with Crippen LogP contribution in [0, 0.1) is 11.3 Å². The van der Waals surface area contributed by atoms with Crippen LogP contribution in [0.3, 0.4) is 0 Å². The van der Waals surface area contributed by atoms with Gasteiger partial charge in [0.05, 0.1) is 11.6 Å². The van der Waals surface area contributed by atoms with E-state index < -0.39 is 18.0 Å². The van der Waals surface area contributed by atoms with E-state index in [1.165, 1.54) is 6.92 Å². The second kappa shape index (κ2) is 9.89. The van der Waals surface area contributed by atoms with Crippen molar-refractivity contribution in [2.45, 2.75) is 13.0 Å². The molecule has 150 valence electrons. The third-order valence-corrected chi connectivity index (χ3v) is 4.29. The first kappa shape index (κ1) is 20.6. The lowest BCUT2D eigenvalue weighted by atomic mass is 10.0. The number of anilines is 1. The van der Waals surface area contributed by atoms with Gasteiger partial charge in [-0.15, -0.1) is 0 Å². The van der Waals surface area contributed by atoms with Crippen LogP contribution in [-0.4, -0.2) is 24.6 Å². The molecule has 0 radical (unpaired) electrons. The van der Waals surface area contributed by atoms with Crippen LogP contribution in [-0.2, 0) is 14.3 Å². The van der Waals surface area contributed by atoms with Gasteiger partial charge >= 0.3 is 5.97 Å². The first-order valence-electron chi connectivity index (χ1n) is 9.34. The average molecular weight is 400 g/mol. The van der Waals surface area contributed by atoms with Gasteiger partial charge < -0.3 is 14.8 Å². The van der Waals surface area contributed by atoms with E-state index in [0.717, 1.165) is 11.1 Å². The summed E-state index contributed by atoms with van der Waals surface area (Å²) in [6.07, 6.45) is -0.995. The van der Waals surface area contributed by atoms with Crippen molar-refractivity contribution in [2.75, 3.05) is 11.9 Å². The maximum absolute atomic E-state index is 12.5. The van der Waals surface area contributed by atoms with E-state index in [2.05, 4.69) is 5.32 Å². The minimum absolute atomic E-state index is 0.343. The third kappa shape index (κ3) is 5.46. The topological polar surface area (TPSA) is 88.4 Å². The highest BCUT2D eigenvalue weighted by Gasteiger charge is 2.19. The molecule has 0 saturated carbocycles. The Morgan fingerprint density at radius 1 is 0.967 bits per heavy atom. The minimum atomic E-state index is -0.995. The van der Waals surface area contributed by atoms with Crippen LogP contribution in [0.5, 0.6) is 5.75 Å². The molecule has 3 aromatic rings. The molecule has 1 N–H and O–H groups in total. The number of amides is 1. The molecule has 6 nitrogen and oxygen atoms in total. The lowest BCUT2D eigenvalue weighted by molar-refractivity contribution is -0.155.